The molecule has 2 aromatic carbocycles. The Balaban J connectivity index is 1.43. The second-order valence-electron chi connectivity index (χ2n) is 6.61. The van der Waals surface area contributed by atoms with Crippen LogP contribution in [0.2, 0.25) is 0 Å². The lowest BCUT2D eigenvalue weighted by Gasteiger charge is -2.07. The van der Waals surface area contributed by atoms with Crippen LogP contribution in [-0.2, 0) is 18.4 Å². The second-order valence-corrected chi connectivity index (χ2v) is 7.67. The van der Waals surface area contributed by atoms with Crippen LogP contribution >= 0.6 is 11.3 Å². The molecule has 1 N–H and O–H groups in total. The molecule has 4 aromatic rings. The van der Waals surface area contributed by atoms with Gasteiger partial charge in [-0.15, -0.1) is 11.3 Å². The molecule has 7 heteroatoms. The molecule has 2 heterocycles. The minimum absolute atomic E-state index is 0.114. The van der Waals surface area contributed by atoms with Gasteiger partial charge < -0.3 is 5.32 Å². The number of carbonyl (C=O) groups is 1. The second kappa shape index (κ2) is 7.44. The fraction of sp³-hybridized carbons (Fsp3) is 0.190. The molecule has 0 radical (unpaired) electrons. The summed E-state index contributed by atoms with van der Waals surface area (Å²) in [5.74, 6) is -0.128. The number of aryl methyl sites for hydroxylation is 3. The number of benzene rings is 2. The quantitative estimate of drug-likeness (QED) is 0.562. The van der Waals surface area contributed by atoms with Crippen LogP contribution in [0.5, 0.6) is 0 Å². The van der Waals surface area contributed by atoms with E-state index < -0.39 is 0 Å². The van der Waals surface area contributed by atoms with Gasteiger partial charge in [0.05, 0.1) is 21.7 Å². The number of nitrogens with zero attached hydrogens (tertiary/aromatic N) is 3. The van der Waals surface area contributed by atoms with Gasteiger partial charge in [-0.2, -0.15) is 0 Å². The molecule has 0 aliphatic rings. The summed E-state index contributed by atoms with van der Waals surface area (Å²) in [5, 5.41) is 5.93. The minimum atomic E-state index is -0.128. The minimum Gasteiger partial charge on any atom is -0.326 e. The number of imidazole rings is 1. The summed E-state index contributed by atoms with van der Waals surface area (Å²) in [4.78, 5) is 29.2. The molecule has 1 amide bonds. The Morgan fingerprint density at radius 1 is 1.11 bits per heavy atom. The van der Waals surface area contributed by atoms with E-state index in [-0.39, 0.29) is 18.0 Å². The zero-order chi connectivity index (χ0) is 19.7. The van der Waals surface area contributed by atoms with Crippen molar-refractivity contribution < 1.29 is 4.79 Å². The van der Waals surface area contributed by atoms with E-state index in [4.69, 9.17) is 0 Å². The Morgan fingerprint density at radius 3 is 2.50 bits per heavy atom. The average Bonchev–Trinajstić information content (AvgIpc) is 3.23. The molecule has 0 unspecified atom stereocenters. The summed E-state index contributed by atoms with van der Waals surface area (Å²) in [6.07, 6.45) is 0.223. The predicted molar refractivity (Wildman–Crippen MR) is 113 cm³/mol. The van der Waals surface area contributed by atoms with Gasteiger partial charge in [-0.25, -0.2) is 9.78 Å². The van der Waals surface area contributed by atoms with Gasteiger partial charge in [0.2, 0.25) is 5.91 Å². The van der Waals surface area contributed by atoms with E-state index in [1.807, 2.05) is 60.8 Å². The number of hydrogen-bond donors (Lipinski definition) is 1. The van der Waals surface area contributed by atoms with Crippen molar-refractivity contribution in [1.29, 1.82) is 0 Å². The van der Waals surface area contributed by atoms with Crippen LogP contribution in [0, 0.1) is 6.92 Å². The number of nitrogens with one attached hydrogen (secondary N) is 1. The summed E-state index contributed by atoms with van der Waals surface area (Å²) in [6.45, 7) is 2.31. The molecule has 0 fully saturated rings. The van der Waals surface area contributed by atoms with Crippen LogP contribution in [-0.4, -0.2) is 20.0 Å². The van der Waals surface area contributed by atoms with Crippen molar-refractivity contribution in [2.75, 3.05) is 5.32 Å². The normalized spacial score (nSPS) is 11.1. The lowest BCUT2D eigenvalue weighted by Crippen LogP contribution is -2.24. The standard InChI is InChI=1S/C21H20N4O2S/c1-14-22-17(13-28-14)15-7-9-16(10-8-15)23-20(26)11-12-25-19-6-4-3-5-18(19)24(2)21(25)27/h3-10,13H,11-12H2,1-2H3,(H,23,26). The van der Waals surface area contributed by atoms with Gasteiger partial charge in [0.25, 0.3) is 0 Å². The molecule has 0 bridgehead atoms. The first-order chi connectivity index (χ1) is 13.5. The van der Waals surface area contributed by atoms with Crippen molar-refractivity contribution >= 4 is 34.0 Å². The molecule has 28 heavy (non-hydrogen) atoms. The number of rotatable bonds is 5. The molecular formula is C21H20N4O2S. The fourth-order valence-corrected chi connectivity index (χ4v) is 3.86. The lowest BCUT2D eigenvalue weighted by atomic mass is 10.1. The number of para-hydroxylation sites is 2. The summed E-state index contributed by atoms with van der Waals surface area (Å²) >= 11 is 1.61. The van der Waals surface area contributed by atoms with E-state index in [2.05, 4.69) is 10.3 Å². The number of amides is 1. The fourth-order valence-electron chi connectivity index (χ4n) is 3.24. The maximum absolute atomic E-state index is 12.4. The zero-order valence-electron chi connectivity index (χ0n) is 15.7. The van der Waals surface area contributed by atoms with Gasteiger partial charge in [-0.3, -0.25) is 13.9 Å². The highest BCUT2D eigenvalue weighted by atomic mass is 32.1. The third-order valence-corrected chi connectivity index (χ3v) is 5.47. The van der Waals surface area contributed by atoms with Crippen LogP contribution in [0.1, 0.15) is 11.4 Å². The average molecular weight is 392 g/mol. The number of aromatic nitrogens is 3. The summed E-state index contributed by atoms with van der Waals surface area (Å²) < 4.78 is 3.24. The number of thiazole rings is 1. The zero-order valence-corrected chi connectivity index (χ0v) is 16.5. The SMILES string of the molecule is Cc1nc(-c2ccc(NC(=O)CCn3c(=O)n(C)c4ccccc43)cc2)cs1. The maximum atomic E-state index is 12.4. The monoisotopic (exact) mass is 392 g/mol. The summed E-state index contributed by atoms with van der Waals surface area (Å²) in [6, 6.07) is 15.2. The number of anilines is 1. The van der Waals surface area contributed by atoms with Crippen LogP contribution < -0.4 is 11.0 Å². The Morgan fingerprint density at radius 2 is 1.82 bits per heavy atom. The highest BCUT2D eigenvalue weighted by Crippen LogP contribution is 2.23. The van der Waals surface area contributed by atoms with E-state index in [1.54, 1.807) is 27.5 Å². The maximum Gasteiger partial charge on any atom is 0.328 e. The molecule has 0 saturated heterocycles. The largest absolute Gasteiger partial charge is 0.328 e. The van der Waals surface area contributed by atoms with Crippen molar-refractivity contribution in [2.45, 2.75) is 19.9 Å². The first kappa shape index (κ1) is 18.2. The highest BCUT2D eigenvalue weighted by molar-refractivity contribution is 7.09. The highest BCUT2D eigenvalue weighted by Gasteiger charge is 2.11. The van der Waals surface area contributed by atoms with Crippen molar-refractivity contribution in [3.05, 3.63) is 69.4 Å². The lowest BCUT2D eigenvalue weighted by molar-refractivity contribution is -0.116. The number of hydrogen-bond acceptors (Lipinski definition) is 4. The summed E-state index contributed by atoms with van der Waals surface area (Å²) in [7, 11) is 1.74. The molecule has 6 nitrogen and oxygen atoms in total. The first-order valence-electron chi connectivity index (χ1n) is 8.99. The van der Waals surface area contributed by atoms with E-state index in [0.29, 0.717) is 6.54 Å². The molecule has 0 aliphatic carbocycles. The first-order valence-corrected chi connectivity index (χ1v) is 9.87. The van der Waals surface area contributed by atoms with Crippen molar-refractivity contribution in [1.82, 2.24) is 14.1 Å². The Kier molecular flexibility index (Phi) is 4.83. The Bertz CT molecular complexity index is 1200. The van der Waals surface area contributed by atoms with Gasteiger partial charge >= 0.3 is 5.69 Å². The Hall–Kier alpha value is -3.19. The molecule has 0 aliphatic heterocycles. The predicted octanol–water partition coefficient (Wildman–Crippen LogP) is 3.80. The number of fused-ring (bicyclic) bond motifs is 1. The third kappa shape index (κ3) is 3.48. The van der Waals surface area contributed by atoms with Crippen molar-refractivity contribution in [3.63, 3.8) is 0 Å². The van der Waals surface area contributed by atoms with Gasteiger partial charge in [-0.1, -0.05) is 24.3 Å². The topological polar surface area (TPSA) is 68.9 Å². The van der Waals surface area contributed by atoms with Crippen molar-refractivity contribution in [3.8, 4) is 11.3 Å². The van der Waals surface area contributed by atoms with E-state index >= 15 is 0 Å². The number of carbonyl (C=O) groups excluding carboxylic acids is 1. The Labute approximate surface area is 166 Å². The molecule has 2 aromatic heterocycles. The molecule has 0 atom stereocenters. The van der Waals surface area contributed by atoms with Gasteiger partial charge in [0.1, 0.15) is 0 Å². The molecule has 4 rings (SSSR count). The van der Waals surface area contributed by atoms with Gasteiger partial charge in [0.15, 0.2) is 0 Å². The molecule has 0 spiro atoms. The van der Waals surface area contributed by atoms with Gasteiger partial charge in [0, 0.05) is 36.6 Å². The summed E-state index contributed by atoms with van der Waals surface area (Å²) in [5.41, 5.74) is 4.27. The molecule has 142 valence electrons. The van der Waals surface area contributed by atoms with Crippen LogP contribution in [0.15, 0.2) is 58.7 Å². The van der Waals surface area contributed by atoms with E-state index in [9.17, 15) is 9.59 Å². The molecule has 0 saturated carbocycles. The third-order valence-electron chi connectivity index (χ3n) is 4.70. The van der Waals surface area contributed by atoms with Crippen molar-refractivity contribution in [2.24, 2.45) is 7.05 Å². The van der Waals surface area contributed by atoms with E-state index in [0.717, 1.165) is 33.0 Å². The smallest absolute Gasteiger partial charge is 0.326 e. The molecular weight excluding hydrogens is 372 g/mol. The van der Waals surface area contributed by atoms with Crippen LogP contribution in [0.4, 0.5) is 5.69 Å². The van der Waals surface area contributed by atoms with E-state index in [1.165, 1.54) is 0 Å². The van der Waals surface area contributed by atoms with Gasteiger partial charge in [-0.05, 0) is 31.2 Å². The van der Waals surface area contributed by atoms with Crippen LogP contribution in [0.25, 0.3) is 22.3 Å². The van der Waals surface area contributed by atoms with Crippen LogP contribution in [0.3, 0.4) is 0 Å².